The smallest absolute Gasteiger partial charge is 0.158 e. The van der Waals surface area contributed by atoms with Crippen LogP contribution in [0.25, 0.3) is 11.5 Å². The van der Waals surface area contributed by atoms with Gasteiger partial charge in [0.1, 0.15) is 11.5 Å². The molecule has 0 bridgehead atoms. The number of nitrogens with one attached hydrogen (secondary N) is 2. The van der Waals surface area contributed by atoms with Crippen LogP contribution in [0, 0.1) is 5.82 Å². The number of rotatable bonds is 2. The van der Waals surface area contributed by atoms with Crippen LogP contribution >= 0.6 is 11.6 Å². The van der Waals surface area contributed by atoms with Gasteiger partial charge in [-0.15, -0.1) is 0 Å². The summed E-state index contributed by atoms with van der Waals surface area (Å²) >= 11 is 6.28. The zero-order chi connectivity index (χ0) is 14.2. The number of imidazole rings is 1. The average Bonchev–Trinajstić information content (AvgIpc) is 2.83. The van der Waals surface area contributed by atoms with Gasteiger partial charge in [-0.2, -0.15) is 0 Å². The summed E-state index contributed by atoms with van der Waals surface area (Å²) in [6.45, 7) is 4.13. The van der Waals surface area contributed by atoms with Crippen molar-refractivity contribution in [2.75, 3.05) is 13.1 Å². The lowest BCUT2D eigenvalue weighted by Gasteiger charge is -2.33. The zero-order valence-corrected chi connectivity index (χ0v) is 12.0. The maximum absolute atomic E-state index is 12.9. The summed E-state index contributed by atoms with van der Waals surface area (Å²) < 4.78 is 12.9. The van der Waals surface area contributed by atoms with Gasteiger partial charge in [-0.25, -0.2) is 14.4 Å². The lowest BCUT2D eigenvalue weighted by molar-refractivity contribution is 0.329. The van der Waals surface area contributed by atoms with Crippen molar-refractivity contribution in [1.29, 1.82) is 0 Å². The number of halogens is 2. The van der Waals surface area contributed by atoms with Crippen LogP contribution in [0.5, 0.6) is 0 Å². The summed E-state index contributed by atoms with van der Waals surface area (Å²) in [5.41, 5.74) is 1.53. The fraction of sp³-hybridized carbons (Fsp3) is 0.429. The first kappa shape index (κ1) is 13.5. The molecule has 2 aromatic heterocycles. The lowest BCUT2D eigenvalue weighted by Crippen LogP contribution is -2.38. The molecule has 0 radical (unpaired) electrons. The molecule has 0 spiro atoms. The van der Waals surface area contributed by atoms with Crippen LogP contribution in [0.15, 0.2) is 18.3 Å². The first-order valence-corrected chi connectivity index (χ1v) is 7.05. The molecule has 0 unspecified atom stereocenters. The molecule has 1 fully saturated rings. The van der Waals surface area contributed by atoms with E-state index in [-0.39, 0.29) is 11.2 Å². The molecule has 2 aromatic rings. The maximum Gasteiger partial charge on any atom is 0.158 e. The standard InChI is InChI=1S/C14H16ClFN4/c1-14(4-6-17-7-5-14)11-12(15)20-13(19-11)10-3-2-9(16)8-18-10/h2-3,8,17H,4-7H2,1H3,(H,19,20). The quantitative estimate of drug-likeness (QED) is 0.895. The highest BCUT2D eigenvalue weighted by Crippen LogP contribution is 2.36. The average molecular weight is 295 g/mol. The van der Waals surface area contributed by atoms with Crippen LogP contribution in [0.4, 0.5) is 4.39 Å². The molecule has 0 saturated carbocycles. The molecule has 2 N–H and O–H groups in total. The highest BCUT2D eigenvalue weighted by Gasteiger charge is 2.33. The fourth-order valence-corrected chi connectivity index (χ4v) is 2.98. The molecular weight excluding hydrogens is 279 g/mol. The van der Waals surface area contributed by atoms with Crippen LogP contribution in [-0.2, 0) is 5.41 Å². The van der Waals surface area contributed by atoms with E-state index in [0.29, 0.717) is 16.7 Å². The Bertz CT molecular complexity index is 602. The summed E-state index contributed by atoms with van der Waals surface area (Å²) in [5, 5.41) is 3.82. The Labute approximate surface area is 121 Å². The molecular formula is C14H16ClFN4. The summed E-state index contributed by atoms with van der Waals surface area (Å²) in [7, 11) is 0. The molecule has 20 heavy (non-hydrogen) atoms. The van der Waals surface area contributed by atoms with E-state index < -0.39 is 0 Å². The number of hydrogen-bond donors (Lipinski definition) is 2. The van der Waals surface area contributed by atoms with Crippen LogP contribution in [0.2, 0.25) is 5.15 Å². The minimum Gasteiger partial charge on any atom is -0.339 e. The molecule has 0 aliphatic carbocycles. The van der Waals surface area contributed by atoms with Gasteiger partial charge >= 0.3 is 0 Å². The predicted molar refractivity (Wildman–Crippen MR) is 76.2 cm³/mol. The van der Waals surface area contributed by atoms with Crippen molar-refractivity contribution in [2.24, 2.45) is 0 Å². The van der Waals surface area contributed by atoms with E-state index >= 15 is 0 Å². The SMILES string of the molecule is CC1(c2[nH]c(-c3ccc(F)cn3)nc2Cl)CCNCC1. The first-order valence-electron chi connectivity index (χ1n) is 6.67. The van der Waals surface area contributed by atoms with Gasteiger partial charge in [-0.3, -0.25) is 0 Å². The monoisotopic (exact) mass is 294 g/mol. The maximum atomic E-state index is 12.9. The molecule has 1 saturated heterocycles. The van der Waals surface area contributed by atoms with E-state index in [4.69, 9.17) is 11.6 Å². The number of piperidine rings is 1. The van der Waals surface area contributed by atoms with Crippen molar-refractivity contribution < 1.29 is 4.39 Å². The first-order chi connectivity index (χ1) is 9.58. The summed E-state index contributed by atoms with van der Waals surface area (Å²) in [4.78, 5) is 11.6. The largest absolute Gasteiger partial charge is 0.339 e. The van der Waals surface area contributed by atoms with Crippen LogP contribution in [-0.4, -0.2) is 28.0 Å². The van der Waals surface area contributed by atoms with Crippen LogP contribution < -0.4 is 5.32 Å². The van der Waals surface area contributed by atoms with Crippen LogP contribution in [0.3, 0.4) is 0 Å². The van der Waals surface area contributed by atoms with Gasteiger partial charge < -0.3 is 10.3 Å². The summed E-state index contributed by atoms with van der Waals surface area (Å²) in [5.74, 6) is 0.224. The number of hydrogen-bond acceptors (Lipinski definition) is 3. The van der Waals surface area contributed by atoms with Gasteiger partial charge in [0.05, 0.1) is 11.9 Å². The van der Waals surface area contributed by atoms with E-state index in [2.05, 4.69) is 27.2 Å². The third-order valence-electron chi connectivity index (χ3n) is 3.94. The molecule has 6 heteroatoms. The molecule has 3 rings (SSSR count). The summed E-state index contributed by atoms with van der Waals surface area (Å²) in [6.07, 6.45) is 3.19. The number of pyridine rings is 1. The second kappa shape index (κ2) is 5.14. The van der Waals surface area contributed by atoms with Gasteiger partial charge in [0.15, 0.2) is 11.0 Å². The van der Waals surface area contributed by atoms with Gasteiger partial charge in [-0.1, -0.05) is 18.5 Å². The normalized spacial score (nSPS) is 18.1. The molecule has 1 aliphatic heterocycles. The molecule has 0 atom stereocenters. The van der Waals surface area contributed by atoms with Gasteiger partial charge in [0, 0.05) is 5.41 Å². The fourth-order valence-electron chi connectivity index (χ4n) is 2.62. The second-order valence-corrected chi connectivity index (χ2v) is 5.78. The minimum atomic E-state index is -0.364. The molecule has 1 aliphatic rings. The van der Waals surface area contributed by atoms with Gasteiger partial charge in [-0.05, 0) is 38.1 Å². The van der Waals surface area contributed by atoms with E-state index in [9.17, 15) is 4.39 Å². The minimum absolute atomic E-state index is 0.00634. The van der Waals surface area contributed by atoms with Crippen molar-refractivity contribution >= 4 is 11.6 Å². The third-order valence-corrected chi connectivity index (χ3v) is 4.21. The third kappa shape index (κ3) is 2.43. The van der Waals surface area contributed by atoms with Crippen molar-refractivity contribution in [3.8, 4) is 11.5 Å². The van der Waals surface area contributed by atoms with E-state index in [0.717, 1.165) is 31.6 Å². The van der Waals surface area contributed by atoms with E-state index in [1.54, 1.807) is 6.07 Å². The Morgan fingerprint density at radius 1 is 1.30 bits per heavy atom. The topological polar surface area (TPSA) is 53.6 Å². The van der Waals surface area contributed by atoms with Crippen molar-refractivity contribution in [1.82, 2.24) is 20.3 Å². The van der Waals surface area contributed by atoms with E-state index in [1.807, 2.05) is 0 Å². The molecule has 0 aromatic carbocycles. The number of aromatic amines is 1. The Balaban J connectivity index is 1.96. The molecule has 3 heterocycles. The number of aromatic nitrogens is 3. The Morgan fingerprint density at radius 3 is 2.70 bits per heavy atom. The van der Waals surface area contributed by atoms with Crippen molar-refractivity contribution in [3.05, 3.63) is 35.0 Å². The Hall–Kier alpha value is -1.46. The zero-order valence-electron chi connectivity index (χ0n) is 11.2. The Kier molecular flexibility index (Phi) is 3.48. The molecule has 4 nitrogen and oxygen atoms in total. The number of H-pyrrole nitrogens is 1. The van der Waals surface area contributed by atoms with Crippen molar-refractivity contribution in [3.63, 3.8) is 0 Å². The van der Waals surface area contributed by atoms with Crippen molar-refractivity contribution in [2.45, 2.75) is 25.2 Å². The number of nitrogens with zero attached hydrogens (tertiary/aromatic N) is 2. The van der Waals surface area contributed by atoms with Crippen LogP contribution in [0.1, 0.15) is 25.5 Å². The Morgan fingerprint density at radius 2 is 2.05 bits per heavy atom. The van der Waals surface area contributed by atoms with E-state index in [1.165, 1.54) is 12.3 Å². The highest BCUT2D eigenvalue weighted by molar-refractivity contribution is 6.30. The molecule has 106 valence electrons. The highest BCUT2D eigenvalue weighted by atomic mass is 35.5. The summed E-state index contributed by atoms with van der Waals surface area (Å²) in [6, 6.07) is 2.96. The van der Waals surface area contributed by atoms with Gasteiger partial charge in [0.25, 0.3) is 0 Å². The lowest BCUT2D eigenvalue weighted by atomic mass is 9.78. The van der Waals surface area contributed by atoms with Gasteiger partial charge in [0.2, 0.25) is 0 Å². The second-order valence-electron chi connectivity index (χ2n) is 5.42. The molecule has 0 amide bonds. The predicted octanol–water partition coefficient (Wildman–Crippen LogP) is 2.91.